The van der Waals surface area contributed by atoms with Gasteiger partial charge in [-0.05, 0) is 23.8 Å². The monoisotopic (exact) mass is 290 g/mol. The molecule has 0 aliphatic rings. The van der Waals surface area contributed by atoms with Crippen molar-refractivity contribution in [2.75, 3.05) is 0 Å². The third-order valence-corrected chi connectivity index (χ3v) is 3.45. The maximum absolute atomic E-state index is 13.2. The fraction of sp³-hybridized carbons (Fsp3) is 0.133. The van der Waals surface area contributed by atoms with E-state index in [-0.39, 0.29) is 12.4 Å². The van der Waals surface area contributed by atoms with Gasteiger partial charge in [0.25, 0.3) is 0 Å². The fourth-order valence-corrected chi connectivity index (χ4v) is 2.50. The van der Waals surface area contributed by atoms with Crippen LogP contribution in [0.1, 0.15) is 11.1 Å². The normalized spacial score (nSPS) is 11.2. The summed E-state index contributed by atoms with van der Waals surface area (Å²) < 4.78 is 15.1. The van der Waals surface area contributed by atoms with E-state index in [1.54, 1.807) is 12.3 Å². The van der Waals surface area contributed by atoms with E-state index in [1.165, 1.54) is 12.3 Å². The minimum absolute atomic E-state index is 0.0491. The number of benzene rings is 1. The highest BCUT2D eigenvalue weighted by Crippen LogP contribution is 2.25. The Morgan fingerprint density at radius 3 is 2.85 bits per heavy atom. The molecule has 0 saturated heterocycles. The number of hydrogen-bond acceptors (Lipinski definition) is 2. The van der Waals surface area contributed by atoms with Gasteiger partial charge in [-0.2, -0.15) is 0 Å². The second kappa shape index (κ2) is 5.23. The number of aromatic nitrogens is 2. The maximum atomic E-state index is 13.2. The summed E-state index contributed by atoms with van der Waals surface area (Å²) in [4.78, 5) is 3.84. The average Bonchev–Trinajstić information content (AvgIpc) is 2.76. The summed E-state index contributed by atoms with van der Waals surface area (Å²) in [6, 6.07) is 6.95. The van der Waals surface area contributed by atoms with Crippen molar-refractivity contribution < 1.29 is 9.50 Å². The van der Waals surface area contributed by atoms with Gasteiger partial charge in [0.2, 0.25) is 0 Å². The maximum Gasteiger partial charge on any atom is 0.141 e. The summed E-state index contributed by atoms with van der Waals surface area (Å²) >= 11 is 6.02. The number of nitrogens with zero attached hydrogens (tertiary/aromatic N) is 2. The highest BCUT2D eigenvalue weighted by molar-refractivity contribution is 6.31. The van der Waals surface area contributed by atoms with Gasteiger partial charge < -0.3 is 9.67 Å². The largest absolute Gasteiger partial charge is 0.392 e. The Bertz CT molecular complexity index is 770. The van der Waals surface area contributed by atoms with Gasteiger partial charge in [-0.1, -0.05) is 17.7 Å². The van der Waals surface area contributed by atoms with Gasteiger partial charge in [-0.15, -0.1) is 0 Å². The lowest BCUT2D eigenvalue weighted by atomic mass is 10.2. The van der Waals surface area contributed by atoms with Gasteiger partial charge >= 0.3 is 0 Å². The first kappa shape index (κ1) is 13.1. The number of pyridine rings is 1. The molecule has 1 aromatic carbocycles. The number of hydrogen-bond donors (Lipinski definition) is 1. The quantitative estimate of drug-likeness (QED) is 0.803. The molecule has 20 heavy (non-hydrogen) atoms. The van der Waals surface area contributed by atoms with Crippen molar-refractivity contribution in [3.63, 3.8) is 0 Å². The fourth-order valence-electron chi connectivity index (χ4n) is 2.34. The van der Waals surface area contributed by atoms with Crippen LogP contribution in [-0.2, 0) is 13.2 Å². The van der Waals surface area contributed by atoms with Crippen LogP contribution in [-0.4, -0.2) is 14.7 Å². The summed E-state index contributed by atoms with van der Waals surface area (Å²) in [5.41, 5.74) is 2.48. The Labute approximate surface area is 120 Å². The van der Waals surface area contributed by atoms with E-state index in [2.05, 4.69) is 4.98 Å². The molecule has 3 aromatic rings. The Hall–Kier alpha value is -1.91. The molecule has 0 unspecified atom stereocenters. The third kappa shape index (κ3) is 2.40. The number of rotatable bonds is 3. The summed E-state index contributed by atoms with van der Waals surface area (Å²) in [7, 11) is 0. The highest BCUT2D eigenvalue weighted by Gasteiger charge is 2.09. The van der Waals surface area contributed by atoms with Crippen LogP contribution in [0.5, 0.6) is 0 Å². The second-order valence-electron chi connectivity index (χ2n) is 4.61. The molecule has 2 heterocycles. The predicted molar refractivity (Wildman–Crippen MR) is 76.2 cm³/mol. The molecular formula is C15H12ClFN2O. The Morgan fingerprint density at radius 1 is 1.25 bits per heavy atom. The van der Waals surface area contributed by atoms with Gasteiger partial charge in [0.05, 0.1) is 18.3 Å². The molecule has 0 amide bonds. The molecule has 0 fully saturated rings. The minimum Gasteiger partial charge on any atom is -0.392 e. The molecule has 102 valence electrons. The molecule has 0 aliphatic carbocycles. The number of halogens is 2. The molecule has 3 rings (SSSR count). The summed E-state index contributed by atoms with van der Waals surface area (Å²) in [5, 5.41) is 11.0. The predicted octanol–water partition coefficient (Wildman–Crippen LogP) is 3.37. The Balaban J connectivity index is 2.09. The molecule has 0 saturated carbocycles. The summed E-state index contributed by atoms with van der Waals surface area (Å²) in [6.45, 7) is 0.425. The van der Waals surface area contributed by atoms with E-state index in [0.717, 1.165) is 22.0 Å². The molecule has 1 N–H and O–H groups in total. The van der Waals surface area contributed by atoms with Crippen molar-refractivity contribution in [2.45, 2.75) is 13.2 Å². The van der Waals surface area contributed by atoms with Crippen LogP contribution >= 0.6 is 11.6 Å². The van der Waals surface area contributed by atoms with Crippen molar-refractivity contribution >= 4 is 22.5 Å². The zero-order chi connectivity index (χ0) is 14.1. The van der Waals surface area contributed by atoms with Crippen molar-refractivity contribution in [3.05, 3.63) is 64.8 Å². The number of aliphatic hydroxyl groups is 1. The smallest absolute Gasteiger partial charge is 0.141 e. The molecule has 0 spiro atoms. The summed E-state index contributed by atoms with van der Waals surface area (Å²) in [5.74, 6) is -0.362. The molecule has 0 atom stereocenters. The summed E-state index contributed by atoms with van der Waals surface area (Å²) in [6.07, 6.45) is 4.65. The van der Waals surface area contributed by atoms with Gasteiger partial charge in [0, 0.05) is 34.9 Å². The van der Waals surface area contributed by atoms with Crippen LogP contribution in [0.3, 0.4) is 0 Å². The highest BCUT2D eigenvalue weighted by atomic mass is 35.5. The molecule has 0 bridgehead atoms. The van der Waals surface area contributed by atoms with E-state index in [0.29, 0.717) is 11.6 Å². The number of fused-ring (bicyclic) bond motifs is 1. The van der Waals surface area contributed by atoms with Crippen LogP contribution in [0.2, 0.25) is 5.02 Å². The van der Waals surface area contributed by atoms with Gasteiger partial charge in [-0.3, -0.25) is 4.98 Å². The molecular weight excluding hydrogens is 279 g/mol. The van der Waals surface area contributed by atoms with Crippen molar-refractivity contribution in [3.8, 4) is 0 Å². The van der Waals surface area contributed by atoms with Crippen LogP contribution in [0, 0.1) is 5.82 Å². The van der Waals surface area contributed by atoms with E-state index in [4.69, 9.17) is 11.6 Å². The van der Waals surface area contributed by atoms with E-state index in [1.807, 2.05) is 22.9 Å². The topological polar surface area (TPSA) is 38.0 Å². The zero-order valence-corrected chi connectivity index (χ0v) is 11.3. The van der Waals surface area contributed by atoms with Crippen molar-refractivity contribution in [2.24, 2.45) is 0 Å². The Kier molecular flexibility index (Phi) is 3.42. The van der Waals surface area contributed by atoms with Gasteiger partial charge in [-0.25, -0.2) is 4.39 Å². The van der Waals surface area contributed by atoms with Crippen molar-refractivity contribution in [1.29, 1.82) is 0 Å². The van der Waals surface area contributed by atoms with Crippen molar-refractivity contribution in [1.82, 2.24) is 9.55 Å². The molecule has 0 radical (unpaired) electrons. The standard InChI is InChI=1S/C15H12ClFN2O/c16-12-1-2-14-11(9-20)8-19(15(14)4-12)7-10-3-13(17)6-18-5-10/h1-6,8,20H,7,9H2. The average molecular weight is 291 g/mol. The van der Waals surface area contributed by atoms with Crippen LogP contribution in [0.25, 0.3) is 10.9 Å². The first-order chi connectivity index (χ1) is 9.67. The lowest BCUT2D eigenvalue weighted by molar-refractivity contribution is 0.283. The SMILES string of the molecule is OCc1cn(Cc2cncc(F)c2)c2cc(Cl)ccc12. The third-order valence-electron chi connectivity index (χ3n) is 3.21. The van der Waals surface area contributed by atoms with Gasteiger partial charge in [0.15, 0.2) is 0 Å². The first-order valence-electron chi connectivity index (χ1n) is 6.15. The number of aliphatic hydroxyl groups excluding tert-OH is 1. The van der Waals surface area contributed by atoms with E-state index < -0.39 is 0 Å². The molecule has 2 aromatic heterocycles. The molecule has 0 aliphatic heterocycles. The molecule has 5 heteroatoms. The van der Waals surface area contributed by atoms with Crippen LogP contribution in [0.4, 0.5) is 4.39 Å². The van der Waals surface area contributed by atoms with Gasteiger partial charge in [0.1, 0.15) is 5.82 Å². The lowest BCUT2D eigenvalue weighted by Gasteiger charge is -2.05. The molecule has 3 nitrogen and oxygen atoms in total. The lowest BCUT2D eigenvalue weighted by Crippen LogP contribution is -1.99. The second-order valence-corrected chi connectivity index (χ2v) is 5.05. The van der Waals surface area contributed by atoms with Crippen LogP contribution in [0.15, 0.2) is 42.9 Å². The van der Waals surface area contributed by atoms with E-state index >= 15 is 0 Å². The Morgan fingerprint density at radius 2 is 2.10 bits per heavy atom. The van der Waals surface area contributed by atoms with E-state index in [9.17, 15) is 9.50 Å². The first-order valence-corrected chi connectivity index (χ1v) is 6.53. The van der Waals surface area contributed by atoms with Crippen LogP contribution < -0.4 is 0 Å². The zero-order valence-electron chi connectivity index (χ0n) is 10.6. The minimum atomic E-state index is -0.362.